The van der Waals surface area contributed by atoms with E-state index in [0.717, 1.165) is 12.8 Å². The van der Waals surface area contributed by atoms with Gasteiger partial charge >= 0.3 is 11.9 Å². The number of hydrogen-bond donors (Lipinski definition) is 0. The van der Waals surface area contributed by atoms with Crippen molar-refractivity contribution in [1.29, 1.82) is 0 Å². The molecule has 1 fully saturated rings. The van der Waals surface area contributed by atoms with Gasteiger partial charge in [-0.3, -0.25) is 4.79 Å². The Morgan fingerprint density at radius 1 is 1.00 bits per heavy atom. The van der Waals surface area contributed by atoms with Crippen molar-refractivity contribution in [3.05, 3.63) is 35.9 Å². The fourth-order valence-electron chi connectivity index (χ4n) is 2.70. The predicted octanol–water partition coefficient (Wildman–Crippen LogP) is 2.96. The van der Waals surface area contributed by atoms with Gasteiger partial charge in [-0.15, -0.1) is 0 Å². The minimum absolute atomic E-state index is 0.148. The summed E-state index contributed by atoms with van der Waals surface area (Å²) in [5.74, 6) is -0.217. The predicted molar refractivity (Wildman–Crippen MR) is 74.2 cm³/mol. The Morgan fingerprint density at radius 3 is 2.20 bits per heavy atom. The van der Waals surface area contributed by atoms with E-state index in [1.807, 2.05) is 18.2 Å². The van der Waals surface area contributed by atoms with Crippen LogP contribution in [0.4, 0.5) is 0 Å². The molecule has 4 heteroatoms. The van der Waals surface area contributed by atoms with Crippen molar-refractivity contribution < 1.29 is 19.1 Å². The van der Waals surface area contributed by atoms with Gasteiger partial charge in [0.2, 0.25) is 0 Å². The third kappa shape index (κ3) is 4.08. The molecule has 1 aliphatic carbocycles. The van der Waals surface area contributed by atoms with E-state index < -0.39 is 0 Å². The number of ether oxygens (including phenoxy) is 2. The second-order valence-corrected chi connectivity index (χ2v) is 5.44. The summed E-state index contributed by atoms with van der Waals surface area (Å²) in [6.45, 7) is 3.49. The average Bonchev–Trinajstić information content (AvgIpc) is 2.38. The van der Waals surface area contributed by atoms with Crippen LogP contribution < -0.4 is 0 Å². The van der Waals surface area contributed by atoms with Gasteiger partial charge in [0.05, 0.1) is 5.56 Å². The molecule has 0 N–H and O–H groups in total. The standard InChI is InChI=1S/C16H20O4/c1-11-8-14(19-12(2)17)10-15(9-11)20-16(18)13-6-4-3-5-7-13/h3-7,11,14-15H,8-10H2,1-2H3. The Balaban J connectivity index is 1.94. The fraction of sp³-hybridized carbons (Fsp3) is 0.500. The molecule has 0 aliphatic heterocycles. The van der Waals surface area contributed by atoms with Gasteiger partial charge in [-0.2, -0.15) is 0 Å². The van der Waals surface area contributed by atoms with E-state index in [9.17, 15) is 9.59 Å². The maximum atomic E-state index is 12.0. The molecular weight excluding hydrogens is 256 g/mol. The molecule has 3 unspecified atom stereocenters. The zero-order chi connectivity index (χ0) is 14.5. The molecule has 0 heterocycles. The lowest BCUT2D eigenvalue weighted by atomic mass is 9.86. The molecule has 1 aromatic carbocycles. The van der Waals surface area contributed by atoms with Gasteiger partial charge in [-0.25, -0.2) is 4.79 Å². The molecule has 1 saturated carbocycles. The molecule has 0 bridgehead atoms. The summed E-state index contributed by atoms with van der Waals surface area (Å²) < 4.78 is 10.8. The van der Waals surface area contributed by atoms with Crippen molar-refractivity contribution >= 4 is 11.9 Å². The first-order valence-electron chi connectivity index (χ1n) is 6.98. The SMILES string of the molecule is CC(=O)OC1CC(C)CC(OC(=O)c2ccccc2)C1. The summed E-state index contributed by atoms with van der Waals surface area (Å²) >= 11 is 0. The molecule has 2 rings (SSSR count). The van der Waals surface area contributed by atoms with E-state index in [0.29, 0.717) is 17.9 Å². The zero-order valence-corrected chi connectivity index (χ0v) is 11.9. The lowest BCUT2D eigenvalue weighted by Gasteiger charge is -2.32. The molecule has 0 saturated heterocycles. The van der Waals surface area contributed by atoms with Crippen molar-refractivity contribution in [3.63, 3.8) is 0 Å². The highest BCUT2D eigenvalue weighted by Gasteiger charge is 2.30. The first-order chi connectivity index (χ1) is 9.54. The largest absolute Gasteiger partial charge is 0.462 e. The molecule has 4 nitrogen and oxygen atoms in total. The Labute approximate surface area is 119 Å². The van der Waals surface area contributed by atoms with Crippen LogP contribution in [0, 0.1) is 5.92 Å². The van der Waals surface area contributed by atoms with E-state index in [1.54, 1.807) is 12.1 Å². The van der Waals surface area contributed by atoms with E-state index in [-0.39, 0.29) is 24.1 Å². The molecule has 1 aliphatic rings. The van der Waals surface area contributed by atoms with Gasteiger partial charge in [0, 0.05) is 13.3 Å². The number of hydrogen-bond acceptors (Lipinski definition) is 4. The van der Waals surface area contributed by atoms with Crippen molar-refractivity contribution in [2.24, 2.45) is 5.92 Å². The van der Waals surface area contributed by atoms with Crippen molar-refractivity contribution in [3.8, 4) is 0 Å². The number of esters is 2. The van der Waals surface area contributed by atoms with Crippen LogP contribution in [0.15, 0.2) is 30.3 Å². The van der Waals surface area contributed by atoms with Crippen LogP contribution in [0.25, 0.3) is 0 Å². The third-order valence-corrected chi connectivity index (χ3v) is 3.47. The zero-order valence-electron chi connectivity index (χ0n) is 11.9. The molecule has 1 aromatic rings. The van der Waals surface area contributed by atoms with E-state index in [4.69, 9.17) is 9.47 Å². The number of carbonyl (C=O) groups excluding carboxylic acids is 2. The van der Waals surface area contributed by atoms with Crippen LogP contribution in [0.5, 0.6) is 0 Å². The van der Waals surface area contributed by atoms with Crippen molar-refractivity contribution in [1.82, 2.24) is 0 Å². The Bertz CT molecular complexity index is 469. The number of rotatable bonds is 3. The van der Waals surface area contributed by atoms with Gasteiger partial charge in [0.1, 0.15) is 12.2 Å². The summed E-state index contributed by atoms with van der Waals surface area (Å²) in [5, 5.41) is 0. The van der Waals surface area contributed by atoms with Crippen LogP contribution in [-0.4, -0.2) is 24.1 Å². The molecule has 0 amide bonds. The van der Waals surface area contributed by atoms with Crippen LogP contribution >= 0.6 is 0 Å². The quantitative estimate of drug-likeness (QED) is 0.796. The molecule has 20 heavy (non-hydrogen) atoms. The smallest absolute Gasteiger partial charge is 0.338 e. The van der Waals surface area contributed by atoms with Gasteiger partial charge in [0.15, 0.2) is 0 Å². The molecular formula is C16H20O4. The topological polar surface area (TPSA) is 52.6 Å². The minimum Gasteiger partial charge on any atom is -0.462 e. The van der Waals surface area contributed by atoms with E-state index in [1.165, 1.54) is 6.92 Å². The third-order valence-electron chi connectivity index (χ3n) is 3.47. The highest BCUT2D eigenvalue weighted by atomic mass is 16.6. The summed E-state index contributed by atoms with van der Waals surface area (Å²) in [6, 6.07) is 8.94. The monoisotopic (exact) mass is 276 g/mol. The van der Waals surface area contributed by atoms with Crippen LogP contribution in [0.3, 0.4) is 0 Å². The minimum atomic E-state index is -0.314. The lowest BCUT2D eigenvalue weighted by Crippen LogP contribution is -2.34. The van der Waals surface area contributed by atoms with Crippen LogP contribution in [-0.2, 0) is 14.3 Å². The molecule has 108 valence electrons. The molecule has 0 radical (unpaired) electrons. The van der Waals surface area contributed by atoms with Crippen LogP contribution in [0.1, 0.15) is 43.5 Å². The summed E-state index contributed by atoms with van der Waals surface area (Å²) in [4.78, 5) is 23.1. The summed E-state index contributed by atoms with van der Waals surface area (Å²) in [7, 11) is 0. The van der Waals surface area contributed by atoms with E-state index in [2.05, 4.69) is 6.92 Å². The maximum absolute atomic E-state index is 12.0. The highest BCUT2D eigenvalue weighted by Crippen LogP contribution is 2.29. The molecule has 0 spiro atoms. The van der Waals surface area contributed by atoms with Gasteiger partial charge < -0.3 is 9.47 Å². The second kappa shape index (κ2) is 6.55. The number of benzene rings is 1. The lowest BCUT2D eigenvalue weighted by molar-refractivity contribution is -0.150. The fourth-order valence-corrected chi connectivity index (χ4v) is 2.70. The maximum Gasteiger partial charge on any atom is 0.338 e. The van der Waals surface area contributed by atoms with Crippen LogP contribution in [0.2, 0.25) is 0 Å². The Morgan fingerprint density at radius 2 is 1.60 bits per heavy atom. The molecule has 0 aromatic heterocycles. The first-order valence-corrected chi connectivity index (χ1v) is 6.98. The Hall–Kier alpha value is -1.84. The van der Waals surface area contributed by atoms with Crippen molar-refractivity contribution in [2.75, 3.05) is 0 Å². The normalized spacial score (nSPS) is 25.8. The van der Waals surface area contributed by atoms with Crippen molar-refractivity contribution in [2.45, 2.75) is 45.3 Å². The molecule has 3 atom stereocenters. The van der Waals surface area contributed by atoms with Gasteiger partial charge in [-0.05, 0) is 30.9 Å². The summed E-state index contributed by atoms with van der Waals surface area (Å²) in [6.07, 6.45) is 1.90. The highest BCUT2D eigenvalue weighted by molar-refractivity contribution is 5.89. The van der Waals surface area contributed by atoms with Gasteiger partial charge in [0.25, 0.3) is 0 Å². The number of carbonyl (C=O) groups is 2. The van der Waals surface area contributed by atoms with Gasteiger partial charge in [-0.1, -0.05) is 25.1 Å². The Kier molecular flexibility index (Phi) is 4.77. The average molecular weight is 276 g/mol. The van der Waals surface area contributed by atoms with E-state index >= 15 is 0 Å². The first kappa shape index (κ1) is 14.6. The summed E-state index contributed by atoms with van der Waals surface area (Å²) in [5.41, 5.74) is 0.551. The second-order valence-electron chi connectivity index (χ2n) is 5.44.